The van der Waals surface area contributed by atoms with E-state index in [0.717, 1.165) is 0 Å². The van der Waals surface area contributed by atoms with Gasteiger partial charge in [-0.2, -0.15) is 4.98 Å². The normalized spacial score (nSPS) is 29.6. The van der Waals surface area contributed by atoms with Gasteiger partial charge in [-0.25, -0.2) is 19.1 Å². The number of aromatic amines is 1. The monoisotopic (exact) mass is 674 g/mol. The molecular weight excluding hydrogens is 646 g/mol. The number of fused-ring (bicyclic) bond motifs is 2. The lowest BCUT2D eigenvalue weighted by molar-refractivity contribution is -0.0613. The fraction of sp³-hybridized carbons (Fsp3) is 0.455. The molecule has 45 heavy (non-hydrogen) atoms. The average Bonchev–Trinajstić information content (AvgIpc) is 3.74. The van der Waals surface area contributed by atoms with Crippen molar-refractivity contribution >= 4 is 50.3 Å². The van der Waals surface area contributed by atoms with Crippen LogP contribution in [0.4, 0.5) is 11.8 Å². The van der Waals surface area contributed by atoms with Crippen molar-refractivity contribution in [2.24, 2.45) is 0 Å². The number of hydrogen-bond acceptors (Lipinski definition) is 16. The molecule has 11 N–H and O–H groups in total. The summed E-state index contributed by atoms with van der Waals surface area (Å²) in [7, 11) is -5.86. The minimum Gasteiger partial charge on any atom is -0.394 e. The summed E-state index contributed by atoms with van der Waals surface area (Å²) in [6.07, 6.45) is -7.12. The first-order valence-electron chi connectivity index (χ1n) is 12.9. The van der Waals surface area contributed by atoms with Crippen molar-refractivity contribution in [3.63, 3.8) is 0 Å². The van der Waals surface area contributed by atoms with Crippen LogP contribution in [-0.2, 0) is 27.7 Å². The molecule has 2 aliphatic heterocycles. The van der Waals surface area contributed by atoms with Crippen molar-refractivity contribution in [1.29, 1.82) is 0 Å². The summed E-state index contributed by atoms with van der Waals surface area (Å²) in [5.74, 6) is -0.0124. The van der Waals surface area contributed by atoms with Crippen LogP contribution in [0.15, 0.2) is 35.6 Å². The summed E-state index contributed by atoms with van der Waals surface area (Å²) in [4.78, 5) is 44.2. The van der Waals surface area contributed by atoms with Gasteiger partial charge in [0.25, 0.3) is 5.56 Å². The summed E-state index contributed by atoms with van der Waals surface area (Å²) in [5, 5.41) is 42.2. The van der Waals surface area contributed by atoms with Crippen LogP contribution in [0.1, 0.15) is 12.5 Å². The zero-order valence-corrected chi connectivity index (χ0v) is 24.5. The van der Waals surface area contributed by atoms with Gasteiger partial charge in [-0.1, -0.05) is 0 Å². The molecule has 0 aromatic carbocycles. The van der Waals surface area contributed by atoms with E-state index < -0.39 is 84.4 Å². The summed E-state index contributed by atoms with van der Waals surface area (Å²) >= 11 is 0. The number of nitrogen functional groups attached to an aromatic ring is 2. The number of phosphoric ester groups is 1. The first-order valence-corrected chi connectivity index (χ1v) is 15.2. The molecule has 23 heteroatoms. The van der Waals surface area contributed by atoms with Crippen molar-refractivity contribution in [1.82, 2.24) is 29.1 Å². The highest BCUT2D eigenvalue weighted by atomic mass is 31.2. The third-order valence-electron chi connectivity index (χ3n) is 7.18. The van der Waals surface area contributed by atoms with E-state index >= 15 is 0 Å². The molecule has 0 radical (unpaired) electrons. The Bertz CT molecular complexity index is 1780. The number of hydrogen-bond donors (Lipinski definition) is 9. The smallest absolute Gasteiger partial charge is 0.394 e. The number of phosphoric acid groups is 1. The van der Waals surface area contributed by atoms with Crippen LogP contribution in [-0.4, -0.2) is 109 Å². The van der Waals surface area contributed by atoms with E-state index in [1.54, 1.807) is 6.07 Å². The number of aliphatic hydroxyl groups excluding tert-OH is 4. The Hall–Kier alpha value is -3.43. The second-order valence-electron chi connectivity index (χ2n) is 9.83. The Labute approximate surface area is 252 Å². The summed E-state index contributed by atoms with van der Waals surface area (Å²) < 4.78 is 45.9. The lowest BCUT2D eigenvalue weighted by atomic mass is 10.1. The van der Waals surface area contributed by atoms with E-state index in [1.165, 1.54) is 33.9 Å². The molecule has 2 aliphatic rings. The number of ether oxygens (including phenoxy) is 2. The molecule has 1 unspecified atom stereocenters. The fourth-order valence-electron chi connectivity index (χ4n) is 5.12. The quantitative estimate of drug-likeness (QED) is 0.0903. The van der Waals surface area contributed by atoms with Crippen molar-refractivity contribution in [3.05, 3.63) is 41.2 Å². The highest BCUT2D eigenvalue weighted by molar-refractivity contribution is 7.47. The Kier molecular flexibility index (Phi) is 9.61. The summed E-state index contributed by atoms with van der Waals surface area (Å²) in [6, 6.07) is 3.00. The molecule has 21 nitrogen and oxygen atoms in total. The number of anilines is 2. The van der Waals surface area contributed by atoms with E-state index in [9.17, 15) is 34.7 Å². The minimum atomic E-state index is -5.02. The van der Waals surface area contributed by atoms with E-state index in [-0.39, 0.29) is 22.8 Å². The highest BCUT2D eigenvalue weighted by Gasteiger charge is 2.50. The highest BCUT2D eigenvalue weighted by Crippen LogP contribution is 2.50. The standard InChI is InChI=1S/C22H27N8O11P.HO2P/c23-16-8-1-3-29(17(8)26-7-25-16)20-14(34)12(32)11(40-20)6-38-42(36,37)41-15-13(33)10(5-31)39-21(15)30-4-2-9-18(30)27-22(24)28-19(9)35;1-3-2/h1-4,7,10-15,20-21,31-34H,5-6H2,(H,36,37)(H2,23,25,26)(H3,24,27,28,35);(H,1,2)/t10-,11-,12-,13-,14-,15-,20-,21-;/m1./s1. The molecule has 2 fully saturated rings. The Morgan fingerprint density at radius 2 is 1.64 bits per heavy atom. The van der Waals surface area contributed by atoms with Crippen molar-refractivity contribution < 1.29 is 57.9 Å². The lowest BCUT2D eigenvalue weighted by Crippen LogP contribution is -2.36. The minimum absolute atomic E-state index is 0.0291. The molecule has 2 saturated heterocycles. The summed E-state index contributed by atoms with van der Waals surface area (Å²) in [5.41, 5.74) is 11.3. The third kappa shape index (κ3) is 6.34. The van der Waals surface area contributed by atoms with Gasteiger partial charge in [-0.15, -0.1) is 0 Å². The third-order valence-corrected chi connectivity index (χ3v) is 8.16. The van der Waals surface area contributed by atoms with Gasteiger partial charge in [0.1, 0.15) is 54.4 Å². The van der Waals surface area contributed by atoms with Crippen LogP contribution in [0.3, 0.4) is 0 Å². The van der Waals surface area contributed by atoms with Gasteiger partial charge < -0.3 is 60.3 Å². The zero-order valence-electron chi connectivity index (χ0n) is 22.7. The van der Waals surface area contributed by atoms with Gasteiger partial charge >= 0.3 is 16.5 Å². The Balaban J connectivity index is 0.00000128. The number of aliphatic hydroxyl groups is 4. The van der Waals surface area contributed by atoms with Gasteiger partial charge in [-0.05, 0) is 12.1 Å². The summed E-state index contributed by atoms with van der Waals surface area (Å²) in [6.45, 7) is -1.38. The van der Waals surface area contributed by atoms with Crippen LogP contribution >= 0.6 is 16.5 Å². The largest absolute Gasteiger partial charge is 0.472 e. The molecule has 0 amide bonds. The number of rotatable bonds is 8. The van der Waals surface area contributed by atoms with Crippen LogP contribution in [0.2, 0.25) is 0 Å². The maximum absolute atomic E-state index is 13.0. The van der Waals surface area contributed by atoms with E-state index in [0.29, 0.717) is 11.0 Å². The van der Waals surface area contributed by atoms with E-state index in [1.807, 2.05) is 0 Å². The molecule has 244 valence electrons. The second kappa shape index (κ2) is 13.1. The predicted octanol–water partition coefficient (Wildman–Crippen LogP) is -2.11. The number of aromatic nitrogens is 6. The maximum Gasteiger partial charge on any atom is 0.472 e. The van der Waals surface area contributed by atoms with Gasteiger partial charge in [0, 0.05) is 12.4 Å². The van der Waals surface area contributed by atoms with Gasteiger partial charge in [0.2, 0.25) is 5.95 Å². The van der Waals surface area contributed by atoms with Gasteiger partial charge in [0.15, 0.2) is 18.1 Å². The number of H-pyrrole nitrogens is 1. The molecule has 0 saturated carbocycles. The molecular formula is C22H28N8O13P2. The topological polar surface area (TPSA) is 326 Å². The van der Waals surface area contributed by atoms with Crippen molar-refractivity contribution in [2.75, 3.05) is 24.7 Å². The van der Waals surface area contributed by atoms with Crippen LogP contribution < -0.4 is 17.0 Å². The lowest BCUT2D eigenvalue weighted by Gasteiger charge is -2.25. The van der Waals surface area contributed by atoms with Crippen LogP contribution in [0, 0.1) is 0 Å². The zero-order chi connectivity index (χ0) is 32.6. The first kappa shape index (κ1) is 32.9. The van der Waals surface area contributed by atoms with E-state index in [2.05, 4.69) is 19.9 Å². The Morgan fingerprint density at radius 3 is 2.33 bits per heavy atom. The predicted molar refractivity (Wildman–Crippen MR) is 150 cm³/mol. The molecule has 0 aliphatic carbocycles. The molecule has 4 aromatic rings. The molecule has 6 rings (SSSR count). The Morgan fingerprint density at radius 1 is 1.00 bits per heavy atom. The van der Waals surface area contributed by atoms with Crippen molar-refractivity contribution in [2.45, 2.75) is 49.1 Å². The molecule has 0 spiro atoms. The number of nitrogens with zero attached hydrogens (tertiary/aromatic N) is 5. The molecule has 9 atom stereocenters. The average molecular weight is 674 g/mol. The van der Waals surface area contributed by atoms with Gasteiger partial charge in [0.05, 0.1) is 24.0 Å². The molecule has 6 heterocycles. The maximum atomic E-state index is 13.0. The number of nitrogens with two attached hydrogens (primary N) is 2. The van der Waals surface area contributed by atoms with Crippen LogP contribution in [0.25, 0.3) is 22.1 Å². The van der Waals surface area contributed by atoms with Crippen molar-refractivity contribution in [3.8, 4) is 0 Å². The fourth-order valence-corrected chi connectivity index (χ4v) is 6.05. The van der Waals surface area contributed by atoms with E-state index in [4.69, 9.17) is 39.4 Å². The number of nitrogens with one attached hydrogen (secondary N) is 1. The first-order chi connectivity index (χ1) is 21.4. The molecule has 4 aromatic heterocycles. The van der Waals surface area contributed by atoms with Gasteiger partial charge in [-0.3, -0.25) is 18.8 Å². The SMILES string of the molecule is Nc1nc2c(ccn2[C@@H]2O[C@H](CO)[C@@H](O)[C@H]2OP(=O)(O)OC[C@H]2O[C@@H](n3ccc4c(N)ncnc43)[C@H](O)[C@@H]2O)c(=O)[nH]1.O=PO. The second-order valence-corrected chi connectivity index (χ2v) is 11.4. The van der Waals surface area contributed by atoms with Crippen LogP contribution in [0.5, 0.6) is 0 Å². The molecule has 0 bridgehead atoms.